The lowest BCUT2D eigenvalue weighted by atomic mass is 9.83. The van der Waals surface area contributed by atoms with E-state index in [-0.39, 0.29) is 0 Å². The summed E-state index contributed by atoms with van der Waals surface area (Å²) in [7, 11) is 0. The van der Waals surface area contributed by atoms with Crippen molar-refractivity contribution < 1.29 is 0 Å². The Bertz CT molecular complexity index is 134. The summed E-state index contributed by atoms with van der Waals surface area (Å²) in [5, 5.41) is 0. The van der Waals surface area contributed by atoms with Crippen molar-refractivity contribution in [3.8, 4) is 0 Å². The number of fused-ring (bicyclic) bond motifs is 1. The minimum absolute atomic E-state index is 1.19. The first kappa shape index (κ1) is 5.62. The van der Waals surface area contributed by atoms with E-state index in [9.17, 15) is 0 Å². The maximum atomic E-state index is 1.59. The molecule has 0 heterocycles. The van der Waals surface area contributed by atoms with Crippen LogP contribution in [0, 0.1) is 23.7 Å². The molecular weight excluding hydrogens is 120 g/mol. The Balaban J connectivity index is 1.84. The van der Waals surface area contributed by atoms with Gasteiger partial charge in [-0.05, 0) is 36.5 Å². The van der Waals surface area contributed by atoms with Crippen LogP contribution in [0.15, 0.2) is 0 Å². The van der Waals surface area contributed by atoms with Crippen molar-refractivity contribution in [2.75, 3.05) is 0 Å². The highest BCUT2D eigenvalue weighted by atomic mass is 14.6. The number of rotatable bonds is 0. The van der Waals surface area contributed by atoms with E-state index in [2.05, 4.69) is 0 Å². The zero-order valence-electron chi connectivity index (χ0n) is 6.55. The molecule has 3 rings (SSSR count). The predicted octanol–water partition coefficient (Wildman–Crippen LogP) is 2.83. The fraction of sp³-hybridized carbons (Fsp3) is 1.00. The highest BCUT2D eigenvalue weighted by Gasteiger charge is 2.55. The first-order valence-corrected chi connectivity index (χ1v) is 4.97. The van der Waals surface area contributed by atoms with Gasteiger partial charge in [0.15, 0.2) is 0 Å². The number of hydrogen-bond donors (Lipinski definition) is 0. The van der Waals surface area contributed by atoms with Crippen LogP contribution in [0.25, 0.3) is 0 Å². The van der Waals surface area contributed by atoms with Crippen molar-refractivity contribution in [1.29, 1.82) is 0 Å². The van der Waals surface area contributed by atoms with Crippen LogP contribution in [0.2, 0.25) is 0 Å². The molecule has 0 saturated heterocycles. The standard InChI is InChI=1S/C10H16/c1-3-7-4-2-6-9-8(5-1)10(7)9/h7-10H,1-6H2. The average molecular weight is 136 g/mol. The van der Waals surface area contributed by atoms with Gasteiger partial charge in [0, 0.05) is 0 Å². The molecule has 10 heavy (non-hydrogen) atoms. The Labute approximate surface area is 63.0 Å². The van der Waals surface area contributed by atoms with Gasteiger partial charge in [-0.2, -0.15) is 0 Å². The molecule has 0 spiro atoms. The van der Waals surface area contributed by atoms with Crippen LogP contribution in [-0.4, -0.2) is 0 Å². The quantitative estimate of drug-likeness (QED) is 0.480. The number of hydrogen-bond acceptors (Lipinski definition) is 0. The molecule has 0 bridgehead atoms. The fourth-order valence-corrected chi connectivity index (χ4v) is 3.75. The van der Waals surface area contributed by atoms with E-state index in [1.54, 1.807) is 38.5 Å². The maximum absolute atomic E-state index is 1.59. The summed E-state index contributed by atoms with van der Waals surface area (Å²) >= 11 is 0. The molecule has 0 nitrogen and oxygen atoms in total. The molecule has 0 aliphatic heterocycles. The molecule has 56 valence electrons. The third-order valence-electron chi connectivity index (χ3n) is 4.17. The predicted molar refractivity (Wildman–Crippen MR) is 41.7 cm³/mol. The normalized spacial score (nSPS) is 57.6. The molecule has 3 fully saturated rings. The fourth-order valence-electron chi connectivity index (χ4n) is 3.75. The van der Waals surface area contributed by atoms with Crippen LogP contribution in [-0.2, 0) is 0 Å². The second-order valence-electron chi connectivity index (χ2n) is 4.53. The molecule has 0 amide bonds. The van der Waals surface area contributed by atoms with E-state index < -0.39 is 0 Å². The summed E-state index contributed by atoms with van der Waals surface area (Å²) in [5.41, 5.74) is 0. The molecule has 2 atom stereocenters. The topological polar surface area (TPSA) is 0 Å². The summed E-state index contributed by atoms with van der Waals surface area (Å²) in [4.78, 5) is 0. The van der Waals surface area contributed by atoms with Crippen molar-refractivity contribution in [2.45, 2.75) is 38.5 Å². The lowest BCUT2D eigenvalue weighted by molar-refractivity contribution is 0.285. The van der Waals surface area contributed by atoms with Gasteiger partial charge >= 0.3 is 0 Å². The van der Waals surface area contributed by atoms with Gasteiger partial charge in [0.1, 0.15) is 0 Å². The van der Waals surface area contributed by atoms with E-state index in [0.29, 0.717) is 0 Å². The summed E-state index contributed by atoms with van der Waals surface area (Å²) in [5.74, 6) is 4.88. The molecular formula is C10H16. The largest absolute Gasteiger partial charge is 0.0527 e. The summed E-state index contributed by atoms with van der Waals surface area (Å²) in [6, 6.07) is 0. The molecule has 0 radical (unpaired) electrons. The van der Waals surface area contributed by atoms with Crippen molar-refractivity contribution >= 4 is 0 Å². The van der Waals surface area contributed by atoms with Crippen molar-refractivity contribution in [3.05, 3.63) is 0 Å². The maximum Gasteiger partial charge on any atom is -0.0324 e. The van der Waals surface area contributed by atoms with E-state index >= 15 is 0 Å². The smallest absolute Gasteiger partial charge is 0.0324 e. The highest BCUT2D eigenvalue weighted by Crippen LogP contribution is 2.63. The van der Waals surface area contributed by atoms with Gasteiger partial charge in [-0.15, -0.1) is 0 Å². The highest BCUT2D eigenvalue weighted by molar-refractivity contribution is 5.04. The minimum Gasteiger partial charge on any atom is -0.0527 e. The molecule has 0 heteroatoms. The first-order valence-electron chi connectivity index (χ1n) is 4.97. The van der Waals surface area contributed by atoms with Crippen LogP contribution in [0.3, 0.4) is 0 Å². The zero-order chi connectivity index (χ0) is 6.55. The Hall–Kier alpha value is 0. The van der Waals surface area contributed by atoms with Gasteiger partial charge in [0.05, 0.1) is 0 Å². The van der Waals surface area contributed by atoms with Crippen molar-refractivity contribution in [3.63, 3.8) is 0 Å². The summed E-state index contributed by atoms with van der Waals surface area (Å²) in [6.45, 7) is 0. The molecule has 0 aromatic carbocycles. The molecule has 0 aromatic rings. The third kappa shape index (κ3) is 0.580. The summed E-state index contributed by atoms with van der Waals surface area (Å²) < 4.78 is 0. The van der Waals surface area contributed by atoms with Crippen LogP contribution in [0.4, 0.5) is 0 Å². The SMILES string of the molecule is C1CC2CCCC3C(C1)C23. The second-order valence-corrected chi connectivity index (χ2v) is 4.53. The van der Waals surface area contributed by atoms with Crippen LogP contribution >= 0.6 is 0 Å². The summed E-state index contributed by atoms with van der Waals surface area (Å²) in [6.07, 6.45) is 9.46. The average Bonchev–Trinajstić information content (AvgIpc) is 2.68. The van der Waals surface area contributed by atoms with Gasteiger partial charge in [0.2, 0.25) is 0 Å². The van der Waals surface area contributed by atoms with Crippen LogP contribution < -0.4 is 0 Å². The molecule has 3 saturated carbocycles. The van der Waals surface area contributed by atoms with Gasteiger partial charge in [0.25, 0.3) is 0 Å². The molecule has 2 unspecified atom stereocenters. The van der Waals surface area contributed by atoms with Gasteiger partial charge in [-0.1, -0.05) is 25.7 Å². The van der Waals surface area contributed by atoms with Gasteiger partial charge in [-0.25, -0.2) is 0 Å². The van der Waals surface area contributed by atoms with Crippen molar-refractivity contribution in [2.24, 2.45) is 23.7 Å². The van der Waals surface area contributed by atoms with E-state index in [0.717, 1.165) is 0 Å². The second kappa shape index (κ2) is 1.78. The minimum atomic E-state index is 1.19. The van der Waals surface area contributed by atoms with Gasteiger partial charge in [-0.3, -0.25) is 0 Å². The molecule has 0 aromatic heterocycles. The zero-order valence-corrected chi connectivity index (χ0v) is 6.55. The Morgan fingerprint density at radius 3 is 1.80 bits per heavy atom. The first-order chi connectivity index (χ1) is 4.97. The van der Waals surface area contributed by atoms with Gasteiger partial charge < -0.3 is 0 Å². The molecule has 0 N–H and O–H groups in total. The Morgan fingerprint density at radius 2 is 1.30 bits per heavy atom. The van der Waals surface area contributed by atoms with E-state index in [4.69, 9.17) is 0 Å². The Kier molecular flexibility index (Phi) is 1.00. The monoisotopic (exact) mass is 136 g/mol. The van der Waals surface area contributed by atoms with Crippen molar-refractivity contribution in [1.82, 2.24) is 0 Å². The molecule has 3 aliphatic carbocycles. The molecule has 3 aliphatic rings. The third-order valence-corrected chi connectivity index (χ3v) is 4.17. The van der Waals surface area contributed by atoms with E-state index in [1.807, 2.05) is 0 Å². The lowest BCUT2D eigenvalue weighted by Crippen LogP contribution is -2.12. The van der Waals surface area contributed by atoms with E-state index in [1.165, 1.54) is 23.7 Å². The van der Waals surface area contributed by atoms with Crippen LogP contribution in [0.5, 0.6) is 0 Å². The van der Waals surface area contributed by atoms with Crippen LogP contribution in [0.1, 0.15) is 38.5 Å². The Morgan fingerprint density at radius 1 is 0.700 bits per heavy atom. The lowest BCUT2D eigenvalue weighted by Gasteiger charge is -2.22.